The first-order chi connectivity index (χ1) is 9.35. The maximum Gasteiger partial charge on any atom is 0.0366 e. The highest BCUT2D eigenvalue weighted by molar-refractivity contribution is 5.50. The molecule has 0 atom stereocenters. The van der Waals surface area contributed by atoms with Crippen LogP contribution in [0.4, 0.5) is 5.69 Å². The van der Waals surface area contributed by atoms with Crippen molar-refractivity contribution < 1.29 is 0 Å². The van der Waals surface area contributed by atoms with Gasteiger partial charge in [0, 0.05) is 18.8 Å². The molecule has 2 heterocycles. The quantitative estimate of drug-likeness (QED) is 0.874. The molecule has 1 saturated carbocycles. The van der Waals surface area contributed by atoms with Crippen molar-refractivity contribution in [2.24, 2.45) is 5.41 Å². The van der Waals surface area contributed by atoms with Crippen LogP contribution in [0.2, 0.25) is 0 Å². The largest absolute Gasteiger partial charge is 0.371 e. The number of nitrogens with zero attached hydrogens (tertiary/aromatic N) is 1. The van der Waals surface area contributed by atoms with Gasteiger partial charge in [0.15, 0.2) is 0 Å². The number of benzene rings is 1. The van der Waals surface area contributed by atoms with Gasteiger partial charge in [0.25, 0.3) is 0 Å². The molecule has 2 nitrogen and oxygen atoms in total. The summed E-state index contributed by atoms with van der Waals surface area (Å²) in [5.41, 5.74) is 3.61. The normalized spacial score (nSPS) is 26.0. The summed E-state index contributed by atoms with van der Waals surface area (Å²) < 4.78 is 0. The number of anilines is 1. The SMILES string of the molecule is c1cc(N2CCC3(CCNCC3)C2)ccc1C1CC1. The van der Waals surface area contributed by atoms with Gasteiger partial charge in [-0.3, -0.25) is 0 Å². The Hall–Kier alpha value is -1.02. The number of rotatable bonds is 2. The van der Waals surface area contributed by atoms with Crippen molar-refractivity contribution in [1.82, 2.24) is 5.32 Å². The van der Waals surface area contributed by atoms with Crippen LogP contribution in [0.3, 0.4) is 0 Å². The molecule has 2 heteroatoms. The number of hydrogen-bond donors (Lipinski definition) is 1. The van der Waals surface area contributed by atoms with Gasteiger partial charge in [-0.25, -0.2) is 0 Å². The molecule has 2 saturated heterocycles. The van der Waals surface area contributed by atoms with Crippen LogP contribution < -0.4 is 10.2 Å². The Bertz CT molecular complexity index is 441. The predicted octanol–water partition coefficient (Wildman–Crippen LogP) is 3.14. The van der Waals surface area contributed by atoms with Crippen LogP contribution in [0, 0.1) is 5.41 Å². The molecule has 3 aliphatic rings. The Morgan fingerprint density at radius 2 is 1.74 bits per heavy atom. The van der Waals surface area contributed by atoms with Gasteiger partial charge in [-0.15, -0.1) is 0 Å². The van der Waals surface area contributed by atoms with Gasteiger partial charge >= 0.3 is 0 Å². The van der Waals surface area contributed by atoms with E-state index in [2.05, 4.69) is 34.5 Å². The second-order valence-corrected chi connectivity index (χ2v) is 6.79. The Labute approximate surface area is 116 Å². The van der Waals surface area contributed by atoms with Crippen molar-refractivity contribution in [2.45, 2.75) is 38.0 Å². The smallest absolute Gasteiger partial charge is 0.0366 e. The zero-order valence-electron chi connectivity index (χ0n) is 11.7. The van der Waals surface area contributed by atoms with Crippen LogP contribution in [0.1, 0.15) is 43.6 Å². The van der Waals surface area contributed by atoms with E-state index in [1.807, 2.05) is 0 Å². The summed E-state index contributed by atoms with van der Waals surface area (Å²) in [6.07, 6.45) is 6.92. The van der Waals surface area contributed by atoms with Gasteiger partial charge in [0.1, 0.15) is 0 Å². The van der Waals surface area contributed by atoms with Crippen LogP contribution in [-0.4, -0.2) is 26.2 Å². The fourth-order valence-electron chi connectivity index (χ4n) is 3.89. The third kappa shape index (κ3) is 2.27. The molecule has 1 aromatic rings. The van der Waals surface area contributed by atoms with Crippen LogP contribution >= 0.6 is 0 Å². The molecular formula is C17H24N2. The molecule has 1 spiro atoms. The molecule has 102 valence electrons. The molecule has 0 unspecified atom stereocenters. The molecule has 2 aliphatic heterocycles. The summed E-state index contributed by atoms with van der Waals surface area (Å²) in [7, 11) is 0. The number of hydrogen-bond acceptors (Lipinski definition) is 2. The standard InChI is InChI=1S/C17H24N2/c1-2-14(1)15-3-5-16(6-4-15)19-12-9-17(13-19)7-10-18-11-8-17/h3-6,14,18H,1-2,7-13H2. The molecule has 19 heavy (non-hydrogen) atoms. The summed E-state index contributed by atoms with van der Waals surface area (Å²) in [6, 6.07) is 9.43. The van der Waals surface area contributed by atoms with Gasteiger partial charge in [0.05, 0.1) is 0 Å². The van der Waals surface area contributed by atoms with Crippen molar-refractivity contribution in [1.29, 1.82) is 0 Å². The number of nitrogens with one attached hydrogen (secondary N) is 1. The third-order valence-corrected chi connectivity index (χ3v) is 5.41. The van der Waals surface area contributed by atoms with E-state index in [4.69, 9.17) is 0 Å². The lowest BCUT2D eigenvalue weighted by atomic mass is 9.78. The zero-order chi connectivity index (χ0) is 12.7. The minimum Gasteiger partial charge on any atom is -0.371 e. The van der Waals surface area contributed by atoms with E-state index in [1.54, 1.807) is 5.56 Å². The second kappa shape index (κ2) is 4.52. The first-order valence-corrected chi connectivity index (χ1v) is 7.90. The lowest BCUT2D eigenvalue weighted by Gasteiger charge is -2.34. The highest BCUT2D eigenvalue weighted by atomic mass is 15.2. The van der Waals surface area contributed by atoms with E-state index < -0.39 is 0 Å². The van der Waals surface area contributed by atoms with Crippen molar-refractivity contribution in [3.63, 3.8) is 0 Å². The highest BCUT2D eigenvalue weighted by Gasteiger charge is 2.38. The van der Waals surface area contributed by atoms with E-state index in [1.165, 1.54) is 64.0 Å². The predicted molar refractivity (Wildman–Crippen MR) is 79.8 cm³/mol. The van der Waals surface area contributed by atoms with Crippen LogP contribution in [-0.2, 0) is 0 Å². The van der Waals surface area contributed by atoms with Crippen molar-refractivity contribution in [3.8, 4) is 0 Å². The molecule has 0 radical (unpaired) electrons. The van der Waals surface area contributed by atoms with Crippen molar-refractivity contribution >= 4 is 5.69 Å². The molecule has 1 aromatic carbocycles. The van der Waals surface area contributed by atoms with E-state index >= 15 is 0 Å². The summed E-state index contributed by atoms with van der Waals surface area (Å²) in [5.74, 6) is 0.878. The average molecular weight is 256 g/mol. The molecule has 0 aromatic heterocycles. The second-order valence-electron chi connectivity index (χ2n) is 6.79. The Kier molecular flexibility index (Phi) is 2.80. The van der Waals surface area contributed by atoms with Crippen molar-refractivity contribution in [2.75, 3.05) is 31.1 Å². The van der Waals surface area contributed by atoms with E-state index in [9.17, 15) is 0 Å². The lowest BCUT2D eigenvalue weighted by molar-refractivity contribution is 0.232. The maximum absolute atomic E-state index is 3.50. The summed E-state index contributed by atoms with van der Waals surface area (Å²) in [5, 5.41) is 3.50. The zero-order valence-corrected chi connectivity index (χ0v) is 11.7. The minimum absolute atomic E-state index is 0.612. The Morgan fingerprint density at radius 1 is 1.00 bits per heavy atom. The van der Waals surface area contributed by atoms with E-state index in [0.29, 0.717) is 5.41 Å². The van der Waals surface area contributed by atoms with Crippen molar-refractivity contribution in [3.05, 3.63) is 29.8 Å². The lowest BCUT2D eigenvalue weighted by Crippen LogP contribution is -2.38. The molecule has 3 fully saturated rings. The maximum atomic E-state index is 3.50. The van der Waals surface area contributed by atoms with Crippen LogP contribution in [0.25, 0.3) is 0 Å². The molecule has 1 N–H and O–H groups in total. The van der Waals surface area contributed by atoms with E-state index in [0.717, 1.165) is 5.92 Å². The fraction of sp³-hybridized carbons (Fsp3) is 0.647. The molecule has 4 rings (SSSR count). The average Bonchev–Trinajstić information content (AvgIpc) is 3.24. The van der Waals surface area contributed by atoms with E-state index in [-0.39, 0.29) is 0 Å². The summed E-state index contributed by atoms with van der Waals surface area (Å²) in [4.78, 5) is 2.61. The Morgan fingerprint density at radius 3 is 2.42 bits per heavy atom. The molecule has 0 bridgehead atoms. The first-order valence-electron chi connectivity index (χ1n) is 7.90. The third-order valence-electron chi connectivity index (χ3n) is 5.41. The highest BCUT2D eigenvalue weighted by Crippen LogP contribution is 2.42. The summed E-state index contributed by atoms with van der Waals surface area (Å²) >= 11 is 0. The Balaban J connectivity index is 1.47. The van der Waals surface area contributed by atoms with Gasteiger partial charge in [-0.2, -0.15) is 0 Å². The van der Waals surface area contributed by atoms with Gasteiger partial charge in [-0.05, 0) is 74.2 Å². The van der Waals surface area contributed by atoms with Crippen LogP contribution in [0.5, 0.6) is 0 Å². The monoisotopic (exact) mass is 256 g/mol. The van der Waals surface area contributed by atoms with Gasteiger partial charge < -0.3 is 10.2 Å². The van der Waals surface area contributed by atoms with Gasteiger partial charge in [-0.1, -0.05) is 12.1 Å². The topological polar surface area (TPSA) is 15.3 Å². The minimum atomic E-state index is 0.612. The molecular weight excluding hydrogens is 232 g/mol. The van der Waals surface area contributed by atoms with Gasteiger partial charge in [0.2, 0.25) is 0 Å². The summed E-state index contributed by atoms with van der Waals surface area (Å²) in [6.45, 7) is 4.96. The number of piperidine rings is 1. The molecule has 1 aliphatic carbocycles. The fourth-order valence-corrected chi connectivity index (χ4v) is 3.89. The molecule has 0 amide bonds. The van der Waals surface area contributed by atoms with Crippen LogP contribution in [0.15, 0.2) is 24.3 Å². The first kappa shape index (κ1) is 11.8.